The highest BCUT2D eigenvalue weighted by Gasteiger charge is 2.48. The van der Waals surface area contributed by atoms with E-state index in [4.69, 9.17) is 19.3 Å². The lowest BCUT2D eigenvalue weighted by Gasteiger charge is -2.40. The number of carbonyl (C=O) groups is 2. The molecule has 0 amide bonds. The Balaban J connectivity index is 1.91. The highest BCUT2D eigenvalue weighted by atomic mass is 16.7. The first-order valence-electron chi connectivity index (χ1n) is 10.5. The quantitative estimate of drug-likeness (QED) is 0.416. The van der Waals surface area contributed by atoms with E-state index < -0.39 is 48.2 Å². The van der Waals surface area contributed by atoms with Crippen LogP contribution in [-0.2, 0) is 20.7 Å². The number of benzene rings is 1. The summed E-state index contributed by atoms with van der Waals surface area (Å²) in [4.78, 5) is 22.4. The van der Waals surface area contributed by atoms with Crippen molar-refractivity contribution >= 4 is 11.9 Å². The second-order valence-electron chi connectivity index (χ2n) is 8.81. The third-order valence-electron chi connectivity index (χ3n) is 6.48. The number of fused-ring (bicyclic) bond motifs is 1. The average molecular weight is 454 g/mol. The van der Waals surface area contributed by atoms with Gasteiger partial charge in [-0.05, 0) is 63.6 Å². The van der Waals surface area contributed by atoms with Gasteiger partial charge in [0.15, 0.2) is 6.10 Å². The molecule has 0 radical (unpaired) electrons. The van der Waals surface area contributed by atoms with Gasteiger partial charge >= 0.3 is 11.9 Å². The number of rotatable bonds is 6. The Bertz CT molecular complexity index is 913. The van der Waals surface area contributed by atoms with Gasteiger partial charge in [-0.1, -0.05) is 0 Å². The van der Waals surface area contributed by atoms with Crippen LogP contribution in [0, 0.1) is 20.8 Å². The van der Waals surface area contributed by atoms with Crippen LogP contribution in [0.5, 0.6) is 11.5 Å². The molecule has 0 spiro atoms. The number of ether oxygens (including phenoxy) is 3. The molecule has 2 aliphatic rings. The summed E-state index contributed by atoms with van der Waals surface area (Å²) in [6, 6.07) is 0. The van der Waals surface area contributed by atoms with E-state index in [1.807, 2.05) is 13.8 Å². The van der Waals surface area contributed by atoms with Gasteiger partial charge in [-0.3, -0.25) is 4.79 Å². The van der Waals surface area contributed by atoms with Crippen molar-refractivity contribution in [1.29, 1.82) is 0 Å². The zero-order chi connectivity index (χ0) is 24.0. The zero-order valence-corrected chi connectivity index (χ0v) is 18.5. The van der Waals surface area contributed by atoms with Crippen molar-refractivity contribution in [2.45, 2.75) is 89.7 Å². The maximum absolute atomic E-state index is 11.4. The predicted octanol–water partition coefficient (Wildman–Crippen LogP) is 0.831. The molecule has 0 unspecified atom stereocenters. The number of hydrogen-bond donors (Lipinski definition) is 5. The Morgan fingerprint density at radius 3 is 2.28 bits per heavy atom. The van der Waals surface area contributed by atoms with Gasteiger partial charge in [-0.25, -0.2) is 4.79 Å². The van der Waals surface area contributed by atoms with E-state index >= 15 is 0 Å². The van der Waals surface area contributed by atoms with Crippen LogP contribution in [-0.4, -0.2) is 73.8 Å². The van der Waals surface area contributed by atoms with Gasteiger partial charge < -0.3 is 39.7 Å². The van der Waals surface area contributed by atoms with Crippen LogP contribution in [0.25, 0.3) is 0 Å². The Hall–Kier alpha value is -2.40. The summed E-state index contributed by atoms with van der Waals surface area (Å²) < 4.78 is 17.4. The molecule has 178 valence electrons. The summed E-state index contributed by atoms with van der Waals surface area (Å²) >= 11 is 0. The third-order valence-corrected chi connectivity index (χ3v) is 6.48. The Labute approximate surface area is 185 Å². The second kappa shape index (κ2) is 8.86. The fraction of sp³-hybridized carbons (Fsp3) is 0.636. The molecule has 32 heavy (non-hydrogen) atoms. The summed E-state index contributed by atoms with van der Waals surface area (Å²) in [5.74, 6) is -1.33. The van der Waals surface area contributed by atoms with Crippen LogP contribution in [0.1, 0.15) is 48.4 Å². The van der Waals surface area contributed by atoms with Crippen molar-refractivity contribution in [3.05, 3.63) is 22.3 Å². The Morgan fingerprint density at radius 1 is 1.03 bits per heavy atom. The number of aliphatic carboxylic acids is 2. The molecule has 6 atom stereocenters. The number of carboxylic acid groups (broad SMARTS) is 2. The molecular formula is C22H30O10. The molecule has 5 N–H and O–H groups in total. The molecule has 1 fully saturated rings. The summed E-state index contributed by atoms with van der Waals surface area (Å²) in [6.07, 6.45) is -6.89. The van der Waals surface area contributed by atoms with E-state index in [1.54, 1.807) is 13.8 Å². The topological polar surface area (TPSA) is 163 Å². The monoisotopic (exact) mass is 454 g/mol. The van der Waals surface area contributed by atoms with E-state index in [1.165, 1.54) is 0 Å². The number of hydrogen-bond acceptors (Lipinski definition) is 8. The van der Waals surface area contributed by atoms with Gasteiger partial charge in [0.05, 0.1) is 0 Å². The Morgan fingerprint density at radius 2 is 1.69 bits per heavy atom. The minimum Gasteiger partial charge on any atom is -0.487 e. The van der Waals surface area contributed by atoms with Crippen molar-refractivity contribution in [3.63, 3.8) is 0 Å². The van der Waals surface area contributed by atoms with Gasteiger partial charge in [-0.15, -0.1) is 0 Å². The van der Waals surface area contributed by atoms with Gasteiger partial charge in [-0.2, -0.15) is 0 Å². The number of aliphatic hydroxyl groups is 3. The zero-order valence-electron chi connectivity index (χ0n) is 18.5. The maximum atomic E-state index is 11.4. The molecule has 0 bridgehead atoms. The van der Waals surface area contributed by atoms with Crippen molar-refractivity contribution in [2.75, 3.05) is 0 Å². The first kappa shape index (κ1) is 24.2. The lowest BCUT2D eigenvalue weighted by Crippen LogP contribution is -2.61. The van der Waals surface area contributed by atoms with Crippen LogP contribution in [0.15, 0.2) is 0 Å². The fourth-order valence-corrected chi connectivity index (χ4v) is 4.27. The summed E-state index contributed by atoms with van der Waals surface area (Å²) in [7, 11) is 0. The first-order chi connectivity index (χ1) is 14.9. The molecule has 10 heteroatoms. The average Bonchev–Trinajstić information content (AvgIpc) is 2.73. The highest BCUT2D eigenvalue weighted by molar-refractivity contribution is 5.73. The van der Waals surface area contributed by atoms with Gasteiger partial charge in [0.1, 0.15) is 35.4 Å². The molecule has 1 saturated heterocycles. The van der Waals surface area contributed by atoms with Gasteiger partial charge in [0.2, 0.25) is 6.29 Å². The lowest BCUT2D eigenvalue weighted by atomic mass is 9.85. The summed E-state index contributed by atoms with van der Waals surface area (Å²) in [5, 5.41) is 48.5. The molecule has 1 aromatic rings. The normalized spacial score (nSPS) is 32.0. The van der Waals surface area contributed by atoms with E-state index in [0.717, 1.165) is 11.1 Å². The predicted molar refractivity (Wildman–Crippen MR) is 110 cm³/mol. The van der Waals surface area contributed by atoms with Crippen molar-refractivity contribution < 1.29 is 49.3 Å². The standard InChI is InChI=1S/C22H30O10/c1-9-10(2)18-12(5-7-22(4,32-18)8-6-13(23)24)11(3)17(9)30-21-16(27)14(25)15(26)19(31-21)20(28)29/h14-16,19,21,25-27H,5-8H2,1-4H3,(H,23,24)(H,28,29)/t14-,15-,16+,19-,21+,22-/m0/s1. The number of aliphatic hydroxyl groups excluding tert-OH is 3. The third kappa shape index (κ3) is 4.40. The van der Waals surface area contributed by atoms with Crippen molar-refractivity contribution in [1.82, 2.24) is 0 Å². The van der Waals surface area contributed by atoms with Gasteiger partial charge in [0.25, 0.3) is 0 Å². The van der Waals surface area contributed by atoms with Gasteiger partial charge in [0, 0.05) is 12.0 Å². The van der Waals surface area contributed by atoms with Crippen LogP contribution >= 0.6 is 0 Å². The lowest BCUT2D eigenvalue weighted by molar-refractivity contribution is -0.271. The molecule has 2 heterocycles. The molecule has 3 rings (SSSR count). The molecule has 1 aromatic carbocycles. The maximum Gasteiger partial charge on any atom is 0.335 e. The minimum atomic E-state index is -1.80. The first-order valence-corrected chi connectivity index (χ1v) is 10.5. The van der Waals surface area contributed by atoms with Crippen LogP contribution in [0.3, 0.4) is 0 Å². The van der Waals surface area contributed by atoms with E-state index in [-0.39, 0.29) is 6.42 Å². The van der Waals surface area contributed by atoms with Crippen LogP contribution in [0.4, 0.5) is 0 Å². The minimum absolute atomic E-state index is 0.000130. The fourth-order valence-electron chi connectivity index (χ4n) is 4.27. The van der Waals surface area contributed by atoms with Crippen molar-refractivity contribution in [2.24, 2.45) is 0 Å². The molecule has 0 saturated carbocycles. The van der Waals surface area contributed by atoms with Crippen LogP contribution < -0.4 is 9.47 Å². The molecule has 0 aromatic heterocycles. The van der Waals surface area contributed by atoms with E-state index in [0.29, 0.717) is 41.9 Å². The molecule has 10 nitrogen and oxygen atoms in total. The highest BCUT2D eigenvalue weighted by Crippen LogP contribution is 2.45. The molecule has 0 aliphatic carbocycles. The molecule has 2 aliphatic heterocycles. The summed E-state index contributed by atoms with van der Waals surface area (Å²) in [5.41, 5.74) is 2.41. The smallest absolute Gasteiger partial charge is 0.335 e. The summed E-state index contributed by atoms with van der Waals surface area (Å²) in [6.45, 7) is 7.30. The van der Waals surface area contributed by atoms with Crippen LogP contribution in [0.2, 0.25) is 0 Å². The Kier molecular flexibility index (Phi) is 6.71. The second-order valence-corrected chi connectivity index (χ2v) is 8.81. The van der Waals surface area contributed by atoms with E-state index in [9.17, 15) is 30.0 Å². The largest absolute Gasteiger partial charge is 0.487 e. The van der Waals surface area contributed by atoms with Crippen molar-refractivity contribution in [3.8, 4) is 11.5 Å². The van der Waals surface area contributed by atoms with E-state index in [2.05, 4.69) is 0 Å². The molecular weight excluding hydrogens is 424 g/mol. The SMILES string of the molecule is Cc1c(C)c2c(c(C)c1O[C@@H]1O[C@H](C(=O)O)[C@@H](O)[C@H](O)[C@H]1O)CC[C@@](C)(CCC(=O)O)O2. The number of carboxylic acids is 2.